The summed E-state index contributed by atoms with van der Waals surface area (Å²) in [5.41, 5.74) is 4.05. The normalized spacial score (nSPS) is 26.4. The van der Waals surface area contributed by atoms with Crippen LogP contribution in [-0.4, -0.2) is 101 Å². The zero-order valence-corrected chi connectivity index (χ0v) is 22.8. The molecule has 0 aromatic heterocycles. The predicted octanol–water partition coefficient (Wildman–Crippen LogP) is 0.552. The molecule has 3 aliphatic rings. The Labute approximate surface area is 227 Å². The maximum Gasteiger partial charge on any atom is 0.255 e. The molecule has 39 heavy (non-hydrogen) atoms. The first-order chi connectivity index (χ1) is 18.3. The van der Waals surface area contributed by atoms with Crippen LogP contribution in [0.3, 0.4) is 0 Å². The number of ketones is 1. The Morgan fingerprint density at radius 1 is 1.10 bits per heavy atom. The van der Waals surface area contributed by atoms with Gasteiger partial charge in [-0.1, -0.05) is 0 Å². The first kappa shape index (κ1) is 28.6. The second-order valence-electron chi connectivity index (χ2n) is 11.3. The van der Waals surface area contributed by atoms with Gasteiger partial charge in [-0.15, -0.1) is 0 Å². The van der Waals surface area contributed by atoms with Crippen LogP contribution in [0.2, 0.25) is 0 Å². The largest absolute Gasteiger partial charge is 0.510 e. The van der Waals surface area contributed by atoms with Crippen LogP contribution < -0.4 is 11.1 Å². The number of benzene rings is 1. The van der Waals surface area contributed by atoms with Crippen molar-refractivity contribution < 1.29 is 34.8 Å². The molecule has 1 aromatic rings. The van der Waals surface area contributed by atoms with Crippen molar-refractivity contribution in [2.24, 2.45) is 17.6 Å². The number of phenols is 1. The summed E-state index contributed by atoms with van der Waals surface area (Å²) in [4.78, 5) is 42.2. The van der Waals surface area contributed by atoms with Gasteiger partial charge in [0.2, 0.25) is 5.78 Å². The molecule has 0 radical (unpaired) electrons. The van der Waals surface area contributed by atoms with Gasteiger partial charge in [-0.25, -0.2) is 0 Å². The summed E-state index contributed by atoms with van der Waals surface area (Å²) < 4.78 is 0. The lowest BCUT2D eigenvalue weighted by Gasteiger charge is -2.50. The molecule has 0 bridgehead atoms. The van der Waals surface area contributed by atoms with E-state index < -0.39 is 46.3 Å². The molecule has 0 saturated carbocycles. The maximum atomic E-state index is 13.3. The molecule has 0 fully saturated rings. The standard InChI is InChI=1S/C28H38N4O7/c1-31(2)10-6-5-9-30-27(38)15-7-8-20(33)18-13-16-14(11-17(15)18)12-19-22(32(3)4)23(34)21(26(29)37)25(36)28(19,39)24(16)35/h7-8,14,19,22,33-35,39H,5-6,9-13H2,1-4H3,(H2,29,37)(H,30,38)/t14-,19-,22-,28-/m0/s1. The van der Waals surface area contributed by atoms with E-state index in [0.29, 0.717) is 28.8 Å². The van der Waals surface area contributed by atoms with Crippen LogP contribution in [0.15, 0.2) is 34.8 Å². The van der Waals surface area contributed by atoms with Crippen LogP contribution in [0.25, 0.3) is 0 Å². The molecule has 0 heterocycles. The number of aliphatic hydroxyl groups is 3. The van der Waals surface area contributed by atoms with E-state index in [-0.39, 0.29) is 36.8 Å². The summed E-state index contributed by atoms with van der Waals surface area (Å²) in [6.07, 6.45) is 2.23. The molecule has 212 valence electrons. The minimum Gasteiger partial charge on any atom is -0.510 e. The van der Waals surface area contributed by atoms with Gasteiger partial charge in [-0.3, -0.25) is 19.3 Å². The van der Waals surface area contributed by atoms with Gasteiger partial charge in [0.1, 0.15) is 22.8 Å². The minimum absolute atomic E-state index is 0.0121. The summed E-state index contributed by atoms with van der Waals surface area (Å²) in [5, 5.41) is 47.6. The number of nitrogens with two attached hydrogens (primary N) is 1. The number of unbranched alkanes of at least 4 members (excludes halogenated alkanes) is 1. The number of amides is 2. The van der Waals surface area contributed by atoms with Crippen molar-refractivity contribution in [1.82, 2.24) is 15.1 Å². The number of likely N-dealkylation sites (N-methyl/N-ethyl adjacent to an activating group) is 1. The number of aliphatic hydroxyl groups excluding tert-OH is 2. The number of hydrogen-bond donors (Lipinski definition) is 6. The molecule has 4 rings (SSSR count). The number of carbonyl (C=O) groups is 3. The van der Waals surface area contributed by atoms with E-state index in [4.69, 9.17) is 5.73 Å². The fraction of sp³-hybridized carbons (Fsp3) is 0.536. The Morgan fingerprint density at radius 3 is 2.41 bits per heavy atom. The summed E-state index contributed by atoms with van der Waals surface area (Å²) in [6.45, 7) is 1.42. The zero-order chi connectivity index (χ0) is 28.8. The van der Waals surface area contributed by atoms with Gasteiger partial charge in [0.25, 0.3) is 11.8 Å². The first-order valence-electron chi connectivity index (χ1n) is 13.2. The summed E-state index contributed by atoms with van der Waals surface area (Å²) in [6, 6.07) is 2.05. The number of Topliss-reactive ketones (excluding diaryl/α,β-unsaturated/α-hetero) is 1. The molecule has 11 heteroatoms. The molecule has 4 atom stereocenters. The smallest absolute Gasteiger partial charge is 0.255 e. The first-order valence-corrected chi connectivity index (χ1v) is 13.2. The quantitative estimate of drug-likeness (QED) is 0.202. The topological polar surface area (TPSA) is 177 Å². The zero-order valence-electron chi connectivity index (χ0n) is 22.8. The number of rotatable bonds is 8. The van der Waals surface area contributed by atoms with E-state index in [1.165, 1.54) is 6.07 Å². The molecule has 0 aliphatic heterocycles. The Balaban J connectivity index is 1.70. The van der Waals surface area contributed by atoms with Crippen LogP contribution in [-0.2, 0) is 22.4 Å². The second kappa shape index (κ2) is 10.6. The fourth-order valence-electron chi connectivity index (χ4n) is 6.40. The van der Waals surface area contributed by atoms with E-state index >= 15 is 0 Å². The average Bonchev–Trinajstić information content (AvgIpc) is 2.85. The molecule has 3 aliphatic carbocycles. The van der Waals surface area contributed by atoms with E-state index in [1.807, 2.05) is 14.1 Å². The Hall–Kier alpha value is -3.41. The SMILES string of the molecule is CN(C)CCCCNC(=O)c1ccc(O)c2c1C[C@H]1C[C@H]3[C@H](N(C)C)C(O)=C(C(N)=O)C(=O)[C@@]3(O)C(O)=C1C2. The number of nitrogens with zero attached hydrogens (tertiary/aromatic N) is 2. The van der Waals surface area contributed by atoms with Crippen molar-refractivity contribution in [2.45, 2.75) is 43.7 Å². The third kappa shape index (κ3) is 4.79. The molecule has 0 unspecified atom stereocenters. The lowest BCUT2D eigenvalue weighted by atomic mass is 9.58. The third-order valence-corrected chi connectivity index (χ3v) is 8.31. The molecule has 0 saturated heterocycles. The van der Waals surface area contributed by atoms with Gasteiger partial charge in [0.15, 0.2) is 5.60 Å². The highest BCUT2D eigenvalue weighted by Crippen LogP contribution is 2.52. The Morgan fingerprint density at radius 2 is 1.79 bits per heavy atom. The highest BCUT2D eigenvalue weighted by atomic mass is 16.3. The number of primary amides is 1. The molecule has 0 spiro atoms. The van der Waals surface area contributed by atoms with E-state index in [9.17, 15) is 34.8 Å². The highest BCUT2D eigenvalue weighted by Gasteiger charge is 2.62. The molecule has 7 N–H and O–H groups in total. The second-order valence-corrected chi connectivity index (χ2v) is 11.3. The van der Waals surface area contributed by atoms with Crippen molar-refractivity contribution in [1.29, 1.82) is 0 Å². The number of nitrogens with one attached hydrogen (secondary N) is 1. The third-order valence-electron chi connectivity index (χ3n) is 8.31. The molecule has 2 amide bonds. The van der Waals surface area contributed by atoms with Crippen molar-refractivity contribution >= 4 is 17.6 Å². The van der Waals surface area contributed by atoms with Gasteiger partial charge in [0.05, 0.1) is 6.04 Å². The van der Waals surface area contributed by atoms with Gasteiger partial charge in [-0.2, -0.15) is 0 Å². The van der Waals surface area contributed by atoms with Crippen LogP contribution >= 0.6 is 0 Å². The average molecular weight is 543 g/mol. The molecule has 1 aromatic carbocycles. The Kier molecular flexibility index (Phi) is 7.79. The molecular weight excluding hydrogens is 504 g/mol. The number of phenolic OH excluding ortho intramolecular Hbond substituents is 1. The monoisotopic (exact) mass is 542 g/mol. The number of aromatic hydroxyl groups is 1. The predicted molar refractivity (Wildman–Crippen MR) is 143 cm³/mol. The van der Waals surface area contributed by atoms with E-state index in [1.54, 1.807) is 25.1 Å². The van der Waals surface area contributed by atoms with Crippen LogP contribution in [0, 0.1) is 11.8 Å². The van der Waals surface area contributed by atoms with E-state index in [0.717, 1.165) is 19.4 Å². The van der Waals surface area contributed by atoms with Crippen LogP contribution in [0.4, 0.5) is 0 Å². The van der Waals surface area contributed by atoms with Gasteiger partial charge >= 0.3 is 0 Å². The van der Waals surface area contributed by atoms with Crippen molar-refractivity contribution in [3.63, 3.8) is 0 Å². The van der Waals surface area contributed by atoms with Crippen molar-refractivity contribution in [3.8, 4) is 5.75 Å². The summed E-state index contributed by atoms with van der Waals surface area (Å²) >= 11 is 0. The molecular formula is C28H38N4O7. The highest BCUT2D eigenvalue weighted by molar-refractivity contribution is 6.23. The van der Waals surface area contributed by atoms with E-state index in [2.05, 4.69) is 10.2 Å². The van der Waals surface area contributed by atoms with Gasteiger partial charge in [-0.05, 0) is 89.6 Å². The Bertz CT molecular complexity index is 1270. The lowest BCUT2D eigenvalue weighted by Crippen LogP contribution is -2.63. The number of fused-ring (bicyclic) bond motifs is 3. The maximum absolute atomic E-state index is 13.3. The van der Waals surface area contributed by atoms with Crippen LogP contribution in [0.5, 0.6) is 5.75 Å². The fourth-order valence-corrected chi connectivity index (χ4v) is 6.40. The number of allylic oxidation sites excluding steroid dienone is 1. The summed E-state index contributed by atoms with van der Waals surface area (Å²) in [7, 11) is 7.24. The summed E-state index contributed by atoms with van der Waals surface area (Å²) in [5.74, 6) is -5.14. The van der Waals surface area contributed by atoms with Crippen molar-refractivity contribution in [2.75, 3.05) is 41.3 Å². The van der Waals surface area contributed by atoms with Crippen molar-refractivity contribution in [3.05, 3.63) is 51.5 Å². The van der Waals surface area contributed by atoms with Gasteiger partial charge < -0.3 is 36.4 Å². The molecule has 11 nitrogen and oxygen atoms in total. The van der Waals surface area contributed by atoms with Gasteiger partial charge in [0, 0.05) is 30.0 Å². The minimum atomic E-state index is -2.47. The van der Waals surface area contributed by atoms with Crippen LogP contribution in [0.1, 0.15) is 40.7 Å². The number of hydrogen-bond acceptors (Lipinski definition) is 9. The number of carbonyl (C=O) groups excluding carboxylic acids is 3. The lowest BCUT2D eigenvalue weighted by molar-refractivity contribution is -0.148.